The lowest BCUT2D eigenvalue weighted by atomic mass is 10.0. The number of guanidine groups is 1. The summed E-state index contributed by atoms with van der Waals surface area (Å²) < 4.78 is 0. The van der Waals surface area contributed by atoms with Crippen molar-refractivity contribution in [3.63, 3.8) is 0 Å². The molecule has 0 bridgehead atoms. The van der Waals surface area contributed by atoms with Crippen LogP contribution in [0.5, 0.6) is 0 Å². The first kappa shape index (κ1) is 25.5. The fourth-order valence-electron chi connectivity index (χ4n) is 3.87. The highest BCUT2D eigenvalue weighted by Crippen LogP contribution is 2.26. The summed E-state index contributed by atoms with van der Waals surface area (Å²) in [5.74, 6) is 1.57. The van der Waals surface area contributed by atoms with E-state index in [1.54, 1.807) is 0 Å². The standard InChI is InChI=1S/C21H36ClN5.HI/c1-5-26-13-12-17(16-26)14-24-21(23-4)25-15-20(27(6-2)7-3)18-10-8-9-11-19(18)22;/h8-11,17,20H,5-7,12-16H2,1-4H3,(H2,23,24,25);1H. The van der Waals surface area contributed by atoms with Gasteiger partial charge < -0.3 is 15.5 Å². The van der Waals surface area contributed by atoms with Gasteiger partial charge in [-0.25, -0.2) is 0 Å². The van der Waals surface area contributed by atoms with E-state index in [9.17, 15) is 0 Å². The van der Waals surface area contributed by atoms with E-state index in [1.807, 2.05) is 19.2 Å². The zero-order valence-electron chi connectivity index (χ0n) is 17.7. The van der Waals surface area contributed by atoms with Gasteiger partial charge in [-0.05, 0) is 50.1 Å². The molecule has 0 aliphatic carbocycles. The number of nitrogens with one attached hydrogen (secondary N) is 2. The molecule has 0 amide bonds. The summed E-state index contributed by atoms with van der Waals surface area (Å²) in [6.07, 6.45) is 1.26. The smallest absolute Gasteiger partial charge is 0.191 e. The van der Waals surface area contributed by atoms with Crippen molar-refractivity contribution in [2.75, 3.05) is 52.9 Å². The van der Waals surface area contributed by atoms with E-state index < -0.39 is 0 Å². The minimum Gasteiger partial charge on any atom is -0.356 e. The Hall–Kier alpha value is -0.570. The third-order valence-electron chi connectivity index (χ3n) is 5.58. The van der Waals surface area contributed by atoms with Crippen molar-refractivity contribution in [2.45, 2.75) is 33.2 Å². The number of rotatable bonds is 9. The fraction of sp³-hybridized carbons (Fsp3) is 0.667. The number of likely N-dealkylation sites (tertiary alicyclic amines) is 1. The van der Waals surface area contributed by atoms with E-state index in [0.717, 1.165) is 43.7 Å². The average Bonchev–Trinajstić information content (AvgIpc) is 3.16. The molecule has 2 N–H and O–H groups in total. The van der Waals surface area contributed by atoms with Gasteiger partial charge in [0.25, 0.3) is 0 Å². The van der Waals surface area contributed by atoms with Gasteiger partial charge in [-0.1, -0.05) is 50.6 Å². The van der Waals surface area contributed by atoms with Crippen LogP contribution in [0.25, 0.3) is 0 Å². The third-order valence-corrected chi connectivity index (χ3v) is 5.92. The molecule has 1 aromatic carbocycles. The van der Waals surface area contributed by atoms with Crippen LogP contribution >= 0.6 is 35.6 Å². The highest BCUT2D eigenvalue weighted by Gasteiger charge is 2.22. The zero-order valence-corrected chi connectivity index (χ0v) is 20.8. The molecule has 2 rings (SSSR count). The Kier molecular flexibility index (Phi) is 12.4. The molecule has 2 atom stereocenters. The van der Waals surface area contributed by atoms with Crippen LogP contribution in [0.15, 0.2) is 29.3 Å². The number of benzene rings is 1. The van der Waals surface area contributed by atoms with Gasteiger partial charge in [0.1, 0.15) is 0 Å². The maximum absolute atomic E-state index is 6.50. The van der Waals surface area contributed by atoms with E-state index in [1.165, 1.54) is 25.1 Å². The lowest BCUT2D eigenvalue weighted by Crippen LogP contribution is -2.44. The second-order valence-corrected chi connectivity index (χ2v) is 7.55. The molecule has 1 aliphatic rings. The summed E-state index contributed by atoms with van der Waals surface area (Å²) in [4.78, 5) is 9.35. The summed E-state index contributed by atoms with van der Waals surface area (Å²) in [7, 11) is 1.84. The molecule has 0 aromatic heterocycles. The molecule has 1 fully saturated rings. The van der Waals surface area contributed by atoms with Crippen LogP contribution in [0, 0.1) is 5.92 Å². The van der Waals surface area contributed by atoms with Gasteiger partial charge in [-0.3, -0.25) is 9.89 Å². The second kappa shape index (κ2) is 13.6. The van der Waals surface area contributed by atoms with Gasteiger partial charge in [0.05, 0.1) is 6.04 Å². The van der Waals surface area contributed by atoms with Crippen molar-refractivity contribution >= 4 is 41.5 Å². The van der Waals surface area contributed by atoms with Gasteiger partial charge in [0, 0.05) is 31.7 Å². The first-order chi connectivity index (χ1) is 13.1. The number of hydrogen-bond acceptors (Lipinski definition) is 3. The molecule has 2 unspecified atom stereocenters. The highest BCUT2D eigenvalue weighted by molar-refractivity contribution is 14.0. The number of hydrogen-bond donors (Lipinski definition) is 2. The van der Waals surface area contributed by atoms with Gasteiger partial charge in [-0.15, -0.1) is 24.0 Å². The molecule has 7 heteroatoms. The second-order valence-electron chi connectivity index (χ2n) is 7.14. The van der Waals surface area contributed by atoms with Crippen LogP contribution in [-0.2, 0) is 0 Å². The Morgan fingerprint density at radius 3 is 2.54 bits per heavy atom. The Morgan fingerprint density at radius 2 is 1.96 bits per heavy atom. The van der Waals surface area contributed by atoms with E-state index in [0.29, 0.717) is 5.92 Å². The van der Waals surface area contributed by atoms with Crippen molar-refractivity contribution in [3.8, 4) is 0 Å². The molecule has 160 valence electrons. The van der Waals surface area contributed by atoms with E-state index >= 15 is 0 Å². The molecule has 1 heterocycles. The number of halogens is 2. The summed E-state index contributed by atoms with van der Waals surface area (Å²) >= 11 is 6.50. The van der Waals surface area contributed by atoms with Crippen LogP contribution < -0.4 is 10.6 Å². The zero-order chi connectivity index (χ0) is 19.6. The highest BCUT2D eigenvalue weighted by atomic mass is 127. The molecule has 28 heavy (non-hydrogen) atoms. The van der Waals surface area contributed by atoms with Crippen LogP contribution in [-0.4, -0.2) is 68.6 Å². The van der Waals surface area contributed by atoms with Crippen molar-refractivity contribution in [3.05, 3.63) is 34.9 Å². The van der Waals surface area contributed by atoms with Crippen LogP contribution in [0.2, 0.25) is 5.02 Å². The van der Waals surface area contributed by atoms with E-state index in [4.69, 9.17) is 11.6 Å². The lowest BCUT2D eigenvalue weighted by molar-refractivity contribution is 0.219. The predicted molar refractivity (Wildman–Crippen MR) is 132 cm³/mol. The summed E-state index contributed by atoms with van der Waals surface area (Å²) in [5.41, 5.74) is 1.17. The molecular weight excluding hydrogens is 485 g/mol. The van der Waals surface area contributed by atoms with Gasteiger partial charge in [-0.2, -0.15) is 0 Å². The molecular formula is C21H37ClIN5. The summed E-state index contributed by atoms with van der Waals surface area (Å²) in [6.45, 7) is 13.9. The Labute approximate surface area is 193 Å². The maximum Gasteiger partial charge on any atom is 0.191 e. The number of aliphatic imine (C=N–C) groups is 1. The fourth-order valence-corrected chi connectivity index (χ4v) is 4.13. The molecule has 1 aromatic rings. The first-order valence-electron chi connectivity index (χ1n) is 10.3. The molecule has 1 saturated heterocycles. The molecule has 0 spiro atoms. The average molecular weight is 522 g/mol. The summed E-state index contributed by atoms with van der Waals surface area (Å²) in [5, 5.41) is 7.86. The molecule has 0 radical (unpaired) electrons. The van der Waals surface area contributed by atoms with Gasteiger partial charge >= 0.3 is 0 Å². The van der Waals surface area contributed by atoms with Gasteiger partial charge in [0.2, 0.25) is 0 Å². The SMILES string of the molecule is CCN1CCC(CNC(=NC)NCC(c2ccccc2Cl)N(CC)CC)C1.I. The maximum atomic E-state index is 6.50. The Balaban J connectivity index is 0.00000392. The van der Waals surface area contributed by atoms with E-state index in [-0.39, 0.29) is 30.0 Å². The minimum absolute atomic E-state index is 0. The summed E-state index contributed by atoms with van der Waals surface area (Å²) in [6, 6.07) is 8.36. The topological polar surface area (TPSA) is 42.9 Å². The van der Waals surface area contributed by atoms with Crippen molar-refractivity contribution in [1.82, 2.24) is 20.4 Å². The van der Waals surface area contributed by atoms with Crippen molar-refractivity contribution < 1.29 is 0 Å². The number of likely N-dealkylation sites (N-methyl/N-ethyl adjacent to an activating group) is 1. The number of nitrogens with zero attached hydrogens (tertiary/aromatic N) is 3. The van der Waals surface area contributed by atoms with Crippen molar-refractivity contribution in [2.24, 2.45) is 10.9 Å². The van der Waals surface area contributed by atoms with E-state index in [2.05, 4.69) is 58.3 Å². The monoisotopic (exact) mass is 521 g/mol. The van der Waals surface area contributed by atoms with Crippen LogP contribution in [0.1, 0.15) is 38.8 Å². The molecule has 0 saturated carbocycles. The quantitative estimate of drug-likeness (QED) is 0.294. The lowest BCUT2D eigenvalue weighted by Gasteiger charge is -2.31. The Morgan fingerprint density at radius 1 is 1.25 bits per heavy atom. The molecule has 5 nitrogen and oxygen atoms in total. The molecule has 1 aliphatic heterocycles. The first-order valence-corrected chi connectivity index (χ1v) is 10.7. The van der Waals surface area contributed by atoms with Crippen LogP contribution in [0.4, 0.5) is 0 Å². The Bertz CT molecular complexity index is 594. The van der Waals surface area contributed by atoms with Crippen LogP contribution in [0.3, 0.4) is 0 Å². The van der Waals surface area contributed by atoms with Crippen molar-refractivity contribution in [1.29, 1.82) is 0 Å². The third kappa shape index (κ3) is 7.35. The predicted octanol–water partition coefficient (Wildman–Crippen LogP) is 3.85. The van der Waals surface area contributed by atoms with Gasteiger partial charge in [0.15, 0.2) is 5.96 Å². The minimum atomic E-state index is 0. The normalized spacial score (nSPS) is 18.8. The largest absolute Gasteiger partial charge is 0.356 e.